The number of benzene rings is 2. The van der Waals surface area contributed by atoms with Crippen molar-refractivity contribution >= 4 is 11.9 Å². The van der Waals surface area contributed by atoms with Crippen LogP contribution in [0.4, 0.5) is 0 Å². The summed E-state index contributed by atoms with van der Waals surface area (Å²) in [6, 6.07) is 14.1. The zero-order chi connectivity index (χ0) is 18.4. The Kier molecular flexibility index (Phi) is 5.91. The lowest BCUT2D eigenvalue weighted by Gasteiger charge is -2.18. The van der Waals surface area contributed by atoms with E-state index in [-0.39, 0.29) is 12.5 Å². The molecule has 25 heavy (non-hydrogen) atoms. The van der Waals surface area contributed by atoms with E-state index in [0.717, 1.165) is 11.1 Å². The van der Waals surface area contributed by atoms with Gasteiger partial charge in [-0.05, 0) is 49.2 Å². The van der Waals surface area contributed by atoms with E-state index in [1.807, 2.05) is 32.0 Å². The van der Waals surface area contributed by atoms with Crippen molar-refractivity contribution < 1.29 is 14.3 Å². The van der Waals surface area contributed by atoms with E-state index < -0.39 is 5.97 Å². The lowest BCUT2D eigenvalue weighted by atomic mass is 10.1. The smallest absolute Gasteiger partial charge is 0.338 e. The third kappa shape index (κ3) is 4.92. The SMILES string of the molecule is Cc1ccc(CN(C)C(=O)COC(=O)c2ccc(C#N)cc2)c(C)c1. The third-order valence-electron chi connectivity index (χ3n) is 3.91. The molecule has 0 spiro atoms. The lowest BCUT2D eigenvalue weighted by Crippen LogP contribution is -2.31. The maximum Gasteiger partial charge on any atom is 0.338 e. The topological polar surface area (TPSA) is 70.4 Å². The highest BCUT2D eigenvalue weighted by atomic mass is 16.5. The summed E-state index contributed by atoms with van der Waals surface area (Å²) in [4.78, 5) is 25.6. The Morgan fingerprint density at radius 3 is 2.40 bits per heavy atom. The largest absolute Gasteiger partial charge is 0.452 e. The molecule has 0 aliphatic carbocycles. The number of rotatable bonds is 5. The number of amides is 1. The number of likely N-dealkylation sites (N-methyl/N-ethyl adjacent to an activating group) is 1. The molecule has 0 atom stereocenters. The fraction of sp³-hybridized carbons (Fsp3) is 0.250. The molecule has 5 nitrogen and oxygen atoms in total. The standard InChI is InChI=1S/C20H20N2O3/c1-14-4-7-18(15(2)10-14)12-22(3)19(23)13-25-20(24)17-8-5-16(11-21)6-9-17/h4-10H,12-13H2,1-3H3. The third-order valence-corrected chi connectivity index (χ3v) is 3.91. The van der Waals surface area contributed by atoms with E-state index >= 15 is 0 Å². The normalized spacial score (nSPS) is 10.0. The predicted molar refractivity (Wildman–Crippen MR) is 93.8 cm³/mol. The van der Waals surface area contributed by atoms with E-state index in [1.54, 1.807) is 7.05 Å². The predicted octanol–water partition coefficient (Wildman–Crippen LogP) is 2.99. The highest BCUT2D eigenvalue weighted by Crippen LogP contribution is 2.13. The Bertz CT molecular complexity index is 820. The number of carbonyl (C=O) groups excluding carboxylic acids is 2. The molecule has 2 aromatic rings. The van der Waals surface area contributed by atoms with E-state index in [2.05, 4.69) is 6.07 Å². The first-order valence-corrected chi connectivity index (χ1v) is 7.88. The van der Waals surface area contributed by atoms with E-state index in [4.69, 9.17) is 10.00 Å². The second-order valence-electron chi connectivity index (χ2n) is 5.95. The number of esters is 1. The number of aryl methyl sites for hydroxylation is 2. The molecular formula is C20H20N2O3. The first-order valence-electron chi connectivity index (χ1n) is 7.88. The van der Waals surface area contributed by atoms with Gasteiger partial charge in [-0.2, -0.15) is 5.26 Å². The highest BCUT2D eigenvalue weighted by molar-refractivity contribution is 5.91. The summed E-state index contributed by atoms with van der Waals surface area (Å²) in [7, 11) is 1.68. The van der Waals surface area contributed by atoms with Gasteiger partial charge in [-0.15, -0.1) is 0 Å². The maximum absolute atomic E-state index is 12.2. The van der Waals surface area contributed by atoms with Crippen LogP contribution in [0.2, 0.25) is 0 Å². The van der Waals surface area contributed by atoms with Crippen molar-refractivity contribution in [3.8, 4) is 6.07 Å². The van der Waals surface area contributed by atoms with Gasteiger partial charge in [0.05, 0.1) is 17.2 Å². The second-order valence-corrected chi connectivity index (χ2v) is 5.95. The van der Waals surface area contributed by atoms with Crippen molar-refractivity contribution in [3.63, 3.8) is 0 Å². The molecule has 0 saturated carbocycles. The molecule has 128 valence electrons. The number of nitrogens with zero attached hydrogens (tertiary/aromatic N) is 2. The number of hydrogen-bond donors (Lipinski definition) is 0. The second kappa shape index (κ2) is 8.11. The minimum absolute atomic E-state index is 0.276. The van der Waals surface area contributed by atoms with Gasteiger partial charge >= 0.3 is 5.97 Å². The van der Waals surface area contributed by atoms with Gasteiger partial charge in [0, 0.05) is 13.6 Å². The summed E-state index contributed by atoms with van der Waals surface area (Å²) in [5.74, 6) is -0.861. The fourth-order valence-electron chi connectivity index (χ4n) is 2.37. The molecule has 0 N–H and O–H groups in total. The van der Waals surface area contributed by atoms with Crippen LogP contribution in [0.3, 0.4) is 0 Å². The van der Waals surface area contributed by atoms with Gasteiger partial charge in [-0.3, -0.25) is 4.79 Å². The van der Waals surface area contributed by atoms with Crippen molar-refractivity contribution in [3.05, 3.63) is 70.3 Å². The van der Waals surface area contributed by atoms with Crippen molar-refractivity contribution in [2.45, 2.75) is 20.4 Å². The van der Waals surface area contributed by atoms with Crippen molar-refractivity contribution in [2.24, 2.45) is 0 Å². The monoisotopic (exact) mass is 336 g/mol. The molecule has 0 bridgehead atoms. The van der Waals surface area contributed by atoms with Gasteiger partial charge in [0.2, 0.25) is 0 Å². The summed E-state index contributed by atoms with van der Waals surface area (Å²) < 4.78 is 5.06. The van der Waals surface area contributed by atoms with Crippen LogP contribution < -0.4 is 0 Å². The molecule has 0 radical (unpaired) electrons. The minimum atomic E-state index is -0.585. The summed E-state index contributed by atoms with van der Waals surface area (Å²) in [6.45, 7) is 4.17. The molecule has 0 unspecified atom stereocenters. The minimum Gasteiger partial charge on any atom is -0.452 e. The molecule has 0 aliphatic heterocycles. The highest BCUT2D eigenvalue weighted by Gasteiger charge is 2.14. The molecule has 0 saturated heterocycles. The molecule has 2 rings (SSSR count). The van der Waals surface area contributed by atoms with Gasteiger partial charge in [0.1, 0.15) is 0 Å². The Hall–Kier alpha value is -3.13. The molecule has 1 amide bonds. The molecule has 0 heterocycles. The molecule has 2 aromatic carbocycles. The van der Waals surface area contributed by atoms with Crippen LogP contribution in [0.25, 0.3) is 0 Å². The van der Waals surface area contributed by atoms with Crippen molar-refractivity contribution in [2.75, 3.05) is 13.7 Å². The van der Waals surface area contributed by atoms with E-state index in [0.29, 0.717) is 17.7 Å². The number of nitriles is 1. The van der Waals surface area contributed by atoms with Gasteiger partial charge in [0.25, 0.3) is 5.91 Å². The summed E-state index contributed by atoms with van der Waals surface area (Å²) in [6.07, 6.45) is 0. The molecular weight excluding hydrogens is 316 g/mol. The number of ether oxygens (including phenoxy) is 1. The van der Waals surface area contributed by atoms with Gasteiger partial charge in [-0.1, -0.05) is 23.8 Å². The fourth-order valence-corrected chi connectivity index (χ4v) is 2.37. The van der Waals surface area contributed by atoms with E-state index in [9.17, 15) is 9.59 Å². The zero-order valence-corrected chi connectivity index (χ0v) is 14.6. The van der Waals surface area contributed by atoms with Crippen LogP contribution in [0.15, 0.2) is 42.5 Å². The van der Waals surface area contributed by atoms with Crippen LogP contribution in [0.1, 0.15) is 32.6 Å². The van der Waals surface area contributed by atoms with Crippen LogP contribution >= 0.6 is 0 Å². The Morgan fingerprint density at radius 1 is 1.12 bits per heavy atom. The average Bonchev–Trinajstić information content (AvgIpc) is 2.61. The van der Waals surface area contributed by atoms with Crippen molar-refractivity contribution in [1.29, 1.82) is 5.26 Å². The Morgan fingerprint density at radius 2 is 1.80 bits per heavy atom. The zero-order valence-electron chi connectivity index (χ0n) is 14.6. The van der Waals surface area contributed by atoms with Gasteiger partial charge in [0.15, 0.2) is 6.61 Å². The van der Waals surface area contributed by atoms with E-state index in [1.165, 1.54) is 34.7 Å². The average molecular weight is 336 g/mol. The Balaban J connectivity index is 1.90. The number of hydrogen-bond acceptors (Lipinski definition) is 4. The van der Waals surface area contributed by atoms with Crippen LogP contribution in [-0.4, -0.2) is 30.4 Å². The molecule has 5 heteroatoms. The van der Waals surface area contributed by atoms with Crippen molar-refractivity contribution in [1.82, 2.24) is 4.90 Å². The van der Waals surface area contributed by atoms with Crippen LogP contribution in [-0.2, 0) is 16.1 Å². The first kappa shape index (κ1) is 18.2. The molecule has 0 aromatic heterocycles. The molecule has 0 fully saturated rings. The summed E-state index contributed by atoms with van der Waals surface area (Å²) in [5.41, 5.74) is 4.12. The van der Waals surface area contributed by atoms with Crippen LogP contribution in [0.5, 0.6) is 0 Å². The summed E-state index contributed by atoms with van der Waals surface area (Å²) >= 11 is 0. The lowest BCUT2D eigenvalue weighted by molar-refractivity contribution is -0.133. The van der Waals surface area contributed by atoms with Gasteiger partial charge in [-0.25, -0.2) is 4.79 Å². The number of carbonyl (C=O) groups is 2. The quantitative estimate of drug-likeness (QED) is 0.787. The van der Waals surface area contributed by atoms with Crippen LogP contribution in [0, 0.1) is 25.2 Å². The summed E-state index contributed by atoms with van der Waals surface area (Å²) in [5, 5.41) is 8.74. The maximum atomic E-state index is 12.2. The Labute approximate surface area is 147 Å². The molecule has 0 aliphatic rings. The van der Waals surface area contributed by atoms with Gasteiger partial charge < -0.3 is 9.64 Å². The first-order chi connectivity index (χ1) is 11.9.